The number of carbonyl (C=O) groups is 2. The number of carbonyl (C=O) groups excluding carboxylic acids is 2. The van der Waals surface area contributed by atoms with Crippen LogP contribution in [-0.4, -0.2) is 17.9 Å². The van der Waals surface area contributed by atoms with Crippen molar-refractivity contribution in [2.24, 2.45) is 5.92 Å². The Hall–Kier alpha value is -2.08. The van der Waals surface area contributed by atoms with Crippen molar-refractivity contribution >= 4 is 23.2 Å². The number of furan rings is 1. The lowest BCUT2D eigenvalue weighted by Crippen LogP contribution is -2.46. The van der Waals surface area contributed by atoms with Crippen LogP contribution in [0.1, 0.15) is 53.9 Å². The Morgan fingerprint density at radius 2 is 2.04 bits per heavy atom. The Morgan fingerprint density at radius 1 is 1.25 bits per heavy atom. The van der Waals surface area contributed by atoms with Crippen LogP contribution in [0.25, 0.3) is 0 Å². The molecule has 2 amide bonds. The molecule has 2 aromatic heterocycles. The highest BCUT2D eigenvalue weighted by atomic mass is 32.1. The summed E-state index contributed by atoms with van der Waals surface area (Å²) in [6, 6.07) is 5.10. The average Bonchev–Trinajstić information content (AvgIpc) is 3.35. The van der Waals surface area contributed by atoms with Gasteiger partial charge >= 0.3 is 0 Å². The average molecular weight is 346 g/mol. The van der Waals surface area contributed by atoms with Gasteiger partial charge in [-0.2, -0.15) is 0 Å². The van der Waals surface area contributed by atoms with E-state index in [1.165, 1.54) is 30.2 Å². The van der Waals surface area contributed by atoms with E-state index in [2.05, 4.69) is 16.7 Å². The molecule has 0 aromatic carbocycles. The van der Waals surface area contributed by atoms with Gasteiger partial charge in [0.05, 0.1) is 17.9 Å². The summed E-state index contributed by atoms with van der Waals surface area (Å²) in [5.74, 6) is 0.0152. The van der Waals surface area contributed by atoms with Crippen LogP contribution in [-0.2, 0) is 4.79 Å². The van der Waals surface area contributed by atoms with E-state index >= 15 is 0 Å². The molecule has 2 heterocycles. The molecular weight excluding hydrogens is 324 g/mol. The first-order valence-corrected chi connectivity index (χ1v) is 9.20. The maximum absolute atomic E-state index is 12.6. The van der Waals surface area contributed by atoms with Crippen molar-refractivity contribution in [3.05, 3.63) is 46.5 Å². The third kappa shape index (κ3) is 3.87. The van der Waals surface area contributed by atoms with Crippen LogP contribution in [0, 0.1) is 5.92 Å². The minimum absolute atomic E-state index is 0.0354. The summed E-state index contributed by atoms with van der Waals surface area (Å²) in [5.41, 5.74) is 0.417. The number of hydrogen-bond acceptors (Lipinski definition) is 4. The van der Waals surface area contributed by atoms with Gasteiger partial charge in [-0.25, -0.2) is 0 Å². The van der Waals surface area contributed by atoms with Gasteiger partial charge in [0.25, 0.3) is 5.91 Å². The normalized spacial score (nSPS) is 17.4. The first kappa shape index (κ1) is 16.8. The van der Waals surface area contributed by atoms with Crippen molar-refractivity contribution in [2.75, 3.05) is 0 Å². The molecule has 5 nitrogen and oxygen atoms in total. The largest absolute Gasteiger partial charge is 0.472 e. The predicted molar refractivity (Wildman–Crippen MR) is 92.8 cm³/mol. The fourth-order valence-electron chi connectivity index (χ4n) is 3.20. The van der Waals surface area contributed by atoms with E-state index in [9.17, 15) is 9.59 Å². The number of hydrogen-bond donors (Lipinski definition) is 2. The van der Waals surface area contributed by atoms with E-state index in [4.69, 9.17) is 4.42 Å². The van der Waals surface area contributed by atoms with Crippen LogP contribution in [0.15, 0.2) is 40.5 Å². The van der Waals surface area contributed by atoms with Crippen LogP contribution in [0.2, 0.25) is 0 Å². The van der Waals surface area contributed by atoms with Gasteiger partial charge in [0, 0.05) is 4.88 Å². The Balaban J connectivity index is 1.63. The number of amides is 2. The Kier molecular flexibility index (Phi) is 5.35. The monoisotopic (exact) mass is 346 g/mol. The molecule has 0 spiro atoms. The maximum Gasteiger partial charge on any atom is 0.255 e. The van der Waals surface area contributed by atoms with Crippen LogP contribution in [0.3, 0.4) is 0 Å². The molecule has 0 saturated heterocycles. The van der Waals surface area contributed by atoms with Gasteiger partial charge in [-0.05, 0) is 43.2 Å². The molecule has 0 unspecified atom stereocenters. The van der Waals surface area contributed by atoms with Gasteiger partial charge in [0.1, 0.15) is 12.3 Å². The predicted octanol–water partition coefficient (Wildman–Crippen LogP) is 3.51. The Labute approximate surface area is 145 Å². The second-order valence-electron chi connectivity index (χ2n) is 6.25. The zero-order valence-electron chi connectivity index (χ0n) is 13.7. The molecule has 1 aliphatic rings. The van der Waals surface area contributed by atoms with Crippen LogP contribution in [0.5, 0.6) is 0 Å². The summed E-state index contributed by atoms with van der Waals surface area (Å²) in [6.07, 6.45) is 7.51. The Morgan fingerprint density at radius 3 is 2.67 bits per heavy atom. The molecule has 6 heteroatoms. The van der Waals surface area contributed by atoms with Gasteiger partial charge in [-0.15, -0.1) is 11.3 Å². The van der Waals surface area contributed by atoms with E-state index < -0.39 is 6.04 Å². The molecule has 0 aliphatic heterocycles. The lowest BCUT2D eigenvalue weighted by atomic mass is 9.96. The second-order valence-corrected chi connectivity index (χ2v) is 7.23. The number of nitrogens with one attached hydrogen (secondary N) is 2. The SMILES string of the molecule is C[C@H](NC(=O)c1ccoc1)C(=O)N[C@H](c1cccs1)C1CCCC1. The van der Waals surface area contributed by atoms with Crippen molar-refractivity contribution in [2.45, 2.75) is 44.7 Å². The maximum atomic E-state index is 12.6. The van der Waals surface area contributed by atoms with Crippen molar-refractivity contribution < 1.29 is 14.0 Å². The van der Waals surface area contributed by atoms with Crippen molar-refractivity contribution in [1.29, 1.82) is 0 Å². The first-order chi connectivity index (χ1) is 11.6. The van der Waals surface area contributed by atoms with E-state index in [-0.39, 0.29) is 17.9 Å². The lowest BCUT2D eigenvalue weighted by molar-refractivity contribution is -0.123. The first-order valence-electron chi connectivity index (χ1n) is 8.32. The summed E-state index contributed by atoms with van der Waals surface area (Å²) < 4.78 is 4.90. The summed E-state index contributed by atoms with van der Waals surface area (Å²) in [5, 5.41) is 7.90. The second kappa shape index (κ2) is 7.66. The van der Waals surface area contributed by atoms with E-state index in [0.29, 0.717) is 11.5 Å². The molecule has 0 bridgehead atoms. The summed E-state index contributed by atoms with van der Waals surface area (Å²) in [7, 11) is 0. The Bertz CT molecular complexity index is 661. The summed E-state index contributed by atoms with van der Waals surface area (Å²) >= 11 is 1.67. The molecule has 24 heavy (non-hydrogen) atoms. The van der Waals surface area contributed by atoms with Crippen LogP contribution < -0.4 is 10.6 Å². The third-order valence-corrected chi connectivity index (χ3v) is 5.50. The molecule has 0 radical (unpaired) electrons. The highest BCUT2D eigenvalue weighted by Crippen LogP contribution is 2.37. The summed E-state index contributed by atoms with van der Waals surface area (Å²) in [6.45, 7) is 1.70. The fourth-order valence-corrected chi connectivity index (χ4v) is 4.07. The van der Waals surface area contributed by atoms with Gasteiger partial charge in [0.15, 0.2) is 0 Å². The third-order valence-electron chi connectivity index (χ3n) is 4.54. The molecule has 2 N–H and O–H groups in total. The standard InChI is InChI=1S/C18H22N2O3S/c1-12(19-18(22)14-8-9-23-11-14)17(21)20-16(13-5-2-3-6-13)15-7-4-10-24-15/h4,7-13,16H,2-3,5-6H2,1H3,(H,19,22)(H,20,21)/t12-,16-/m0/s1. The van der Waals surface area contributed by atoms with E-state index in [1.54, 1.807) is 24.3 Å². The smallest absolute Gasteiger partial charge is 0.255 e. The molecule has 1 fully saturated rings. The molecular formula is C18H22N2O3S. The van der Waals surface area contributed by atoms with Crippen molar-refractivity contribution in [3.63, 3.8) is 0 Å². The molecule has 1 aliphatic carbocycles. The zero-order valence-corrected chi connectivity index (χ0v) is 14.5. The summed E-state index contributed by atoms with van der Waals surface area (Å²) in [4.78, 5) is 25.8. The zero-order chi connectivity index (χ0) is 16.9. The highest BCUT2D eigenvalue weighted by molar-refractivity contribution is 7.10. The number of rotatable bonds is 6. The minimum atomic E-state index is -0.601. The minimum Gasteiger partial charge on any atom is -0.472 e. The van der Waals surface area contributed by atoms with Gasteiger partial charge in [0.2, 0.25) is 5.91 Å². The topological polar surface area (TPSA) is 71.3 Å². The quantitative estimate of drug-likeness (QED) is 0.841. The van der Waals surface area contributed by atoms with Crippen LogP contribution in [0.4, 0.5) is 0 Å². The molecule has 2 atom stereocenters. The van der Waals surface area contributed by atoms with Crippen molar-refractivity contribution in [1.82, 2.24) is 10.6 Å². The molecule has 2 aromatic rings. The molecule has 128 valence electrons. The lowest BCUT2D eigenvalue weighted by Gasteiger charge is -2.25. The fraction of sp³-hybridized carbons (Fsp3) is 0.444. The van der Waals surface area contributed by atoms with E-state index in [1.807, 2.05) is 11.4 Å². The van der Waals surface area contributed by atoms with Crippen molar-refractivity contribution in [3.8, 4) is 0 Å². The van der Waals surface area contributed by atoms with Gasteiger partial charge in [-0.3, -0.25) is 9.59 Å². The highest BCUT2D eigenvalue weighted by Gasteiger charge is 2.30. The number of thiophene rings is 1. The van der Waals surface area contributed by atoms with Crippen LogP contribution >= 0.6 is 11.3 Å². The molecule has 3 rings (SSSR count). The van der Waals surface area contributed by atoms with Gasteiger partial charge < -0.3 is 15.1 Å². The van der Waals surface area contributed by atoms with Gasteiger partial charge in [-0.1, -0.05) is 18.9 Å². The van der Waals surface area contributed by atoms with E-state index in [0.717, 1.165) is 12.8 Å². The molecule has 1 saturated carbocycles.